The number of nitrogens with zero attached hydrogens (tertiary/aromatic N) is 1. The van der Waals surface area contributed by atoms with Crippen molar-refractivity contribution in [2.75, 3.05) is 0 Å². The molecule has 32 heavy (non-hydrogen) atoms. The summed E-state index contributed by atoms with van der Waals surface area (Å²) in [4.78, 5) is 0. The van der Waals surface area contributed by atoms with Crippen molar-refractivity contribution in [3.63, 3.8) is 0 Å². The number of alkyl halides is 13. The third-order valence-electron chi connectivity index (χ3n) is 4.23. The second-order valence-electron chi connectivity index (χ2n) is 6.29. The summed E-state index contributed by atoms with van der Waals surface area (Å²) in [5, 5.41) is 8.69. The molecule has 0 heterocycles. The zero-order valence-electron chi connectivity index (χ0n) is 14.8. The SMILES string of the molecule is N#Cc1ccc(-c2c(C(F)(F)F)cc(C(F)(F)F)cc2C(F)(C(F)(F)F)C(F)(F)F)cc1. The summed E-state index contributed by atoms with van der Waals surface area (Å²) in [6.07, 6.45) is -25.7. The number of hydrogen-bond donors (Lipinski definition) is 0. The van der Waals surface area contributed by atoms with Crippen LogP contribution in [-0.2, 0) is 18.0 Å². The lowest BCUT2D eigenvalue weighted by molar-refractivity contribution is -0.348. The Morgan fingerprint density at radius 3 is 1.38 bits per heavy atom. The summed E-state index contributed by atoms with van der Waals surface area (Å²) in [5.74, 6) is 0. The van der Waals surface area contributed by atoms with Crippen LogP contribution in [0.1, 0.15) is 22.3 Å². The molecule has 0 unspecified atom stereocenters. The molecular formula is C18H6F13N. The lowest BCUT2D eigenvalue weighted by Crippen LogP contribution is -2.51. The van der Waals surface area contributed by atoms with Crippen LogP contribution in [0.5, 0.6) is 0 Å². The Bertz CT molecular complexity index is 1020. The van der Waals surface area contributed by atoms with E-state index in [0.717, 1.165) is 0 Å². The van der Waals surface area contributed by atoms with E-state index in [0.29, 0.717) is 24.3 Å². The van der Waals surface area contributed by atoms with E-state index in [1.807, 2.05) is 0 Å². The summed E-state index contributed by atoms with van der Waals surface area (Å²) in [7, 11) is 0. The highest BCUT2D eigenvalue weighted by molar-refractivity contribution is 5.75. The molecule has 0 aromatic heterocycles. The van der Waals surface area contributed by atoms with Gasteiger partial charge in [-0.1, -0.05) is 12.1 Å². The van der Waals surface area contributed by atoms with E-state index >= 15 is 0 Å². The topological polar surface area (TPSA) is 23.8 Å². The minimum atomic E-state index is -6.99. The first kappa shape index (κ1) is 25.3. The van der Waals surface area contributed by atoms with Crippen molar-refractivity contribution < 1.29 is 57.1 Å². The number of halogens is 13. The molecule has 0 fully saturated rings. The maximum absolute atomic E-state index is 14.7. The first-order valence-electron chi connectivity index (χ1n) is 7.91. The molecule has 0 saturated heterocycles. The quantitative estimate of drug-likeness (QED) is 0.405. The zero-order chi connectivity index (χ0) is 24.9. The van der Waals surface area contributed by atoms with Crippen molar-refractivity contribution in [2.45, 2.75) is 30.4 Å². The third kappa shape index (κ3) is 4.33. The van der Waals surface area contributed by atoms with Crippen molar-refractivity contribution in [3.05, 3.63) is 58.7 Å². The molecule has 0 aliphatic rings. The van der Waals surface area contributed by atoms with Crippen LogP contribution < -0.4 is 0 Å². The average Bonchev–Trinajstić information content (AvgIpc) is 2.63. The second-order valence-corrected chi connectivity index (χ2v) is 6.29. The molecule has 0 bridgehead atoms. The first-order valence-corrected chi connectivity index (χ1v) is 7.91. The molecular weight excluding hydrogens is 477 g/mol. The summed E-state index contributed by atoms with van der Waals surface area (Å²) in [5.41, 5.74) is -18.2. The lowest BCUT2D eigenvalue weighted by Gasteiger charge is -2.33. The van der Waals surface area contributed by atoms with Gasteiger partial charge < -0.3 is 0 Å². The molecule has 0 N–H and O–H groups in total. The van der Waals surface area contributed by atoms with Gasteiger partial charge in [-0.05, 0) is 29.8 Å². The maximum Gasteiger partial charge on any atom is 0.435 e. The molecule has 174 valence electrons. The van der Waals surface area contributed by atoms with Crippen LogP contribution in [0.15, 0.2) is 36.4 Å². The second kappa shape index (κ2) is 7.56. The third-order valence-corrected chi connectivity index (χ3v) is 4.23. The summed E-state index contributed by atoms with van der Waals surface area (Å²) in [6.45, 7) is 0. The first-order chi connectivity index (χ1) is 14.2. The van der Waals surface area contributed by atoms with E-state index in [2.05, 4.69) is 0 Å². The van der Waals surface area contributed by atoms with Crippen molar-refractivity contribution in [1.82, 2.24) is 0 Å². The van der Waals surface area contributed by atoms with Gasteiger partial charge in [0.25, 0.3) is 0 Å². The van der Waals surface area contributed by atoms with Gasteiger partial charge in [0.2, 0.25) is 0 Å². The van der Waals surface area contributed by atoms with Gasteiger partial charge in [-0.15, -0.1) is 0 Å². The summed E-state index contributed by atoms with van der Waals surface area (Å²) >= 11 is 0. The molecule has 0 spiro atoms. The van der Waals surface area contributed by atoms with Crippen molar-refractivity contribution >= 4 is 0 Å². The fraction of sp³-hybridized carbons (Fsp3) is 0.278. The molecule has 0 amide bonds. The van der Waals surface area contributed by atoms with Crippen LogP contribution >= 0.6 is 0 Å². The van der Waals surface area contributed by atoms with Gasteiger partial charge in [0.15, 0.2) is 0 Å². The van der Waals surface area contributed by atoms with Gasteiger partial charge in [-0.2, -0.15) is 57.9 Å². The molecule has 0 aliphatic heterocycles. The molecule has 0 atom stereocenters. The van der Waals surface area contributed by atoms with Crippen molar-refractivity contribution in [1.29, 1.82) is 5.26 Å². The average molecular weight is 483 g/mol. The summed E-state index contributed by atoms with van der Waals surface area (Å²) < 4.78 is 174. The highest BCUT2D eigenvalue weighted by atomic mass is 19.4. The zero-order valence-corrected chi connectivity index (χ0v) is 14.8. The number of nitriles is 1. The molecule has 0 radical (unpaired) electrons. The van der Waals surface area contributed by atoms with Gasteiger partial charge in [-0.25, -0.2) is 4.39 Å². The normalized spacial score (nSPS) is 13.8. The fourth-order valence-corrected chi connectivity index (χ4v) is 2.79. The molecule has 0 aliphatic carbocycles. The van der Waals surface area contributed by atoms with E-state index < -0.39 is 70.3 Å². The van der Waals surface area contributed by atoms with Gasteiger partial charge in [-0.3, -0.25) is 0 Å². The van der Waals surface area contributed by atoms with E-state index in [9.17, 15) is 57.1 Å². The standard InChI is InChI=1S/C18H6F13N/c19-14(17(26,27)28,18(29,30)31)11-5-10(15(20,21)22)6-12(16(23,24)25)13(11)9-3-1-8(7-32)2-4-9/h1-6H. The van der Waals surface area contributed by atoms with E-state index in [1.165, 1.54) is 6.07 Å². The Balaban J connectivity index is 3.18. The van der Waals surface area contributed by atoms with Gasteiger partial charge in [0.05, 0.1) is 22.8 Å². The number of hydrogen-bond acceptors (Lipinski definition) is 1. The van der Waals surface area contributed by atoms with Crippen LogP contribution in [0, 0.1) is 11.3 Å². The number of rotatable bonds is 2. The smallest absolute Gasteiger partial charge is 0.218 e. The fourth-order valence-electron chi connectivity index (χ4n) is 2.79. The highest BCUT2D eigenvalue weighted by Crippen LogP contribution is 2.57. The van der Waals surface area contributed by atoms with Crippen molar-refractivity contribution in [3.8, 4) is 17.2 Å². The molecule has 14 heteroatoms. The van der Waals surface area contributed by atoms with Gasteiger partial charge in [0.1, 0.15) is 0 Å². The maximum atomic E-state index is 14.7. The number of benzene rings is 2. The molecule has 2 rings (SSSR count). The summed E-state index contributed by atoms with van der Waals surface area (Å²) in [6, 6.07) is 2.06. The Hall–Kier alpha value is -2.98. The van der Waals surface area contributed by atoms with E-state index in [4.69, 9.17) is 5.26 Å². The van der Waals surface area contributed by atoms with Gasteiger partial charge in [0, 0.05) is 11.1 Å². The molecule has 1 nitrogen and oxygen atoms in total. The monoisotopic (exact) mass is 483 g/mol. The predicted octanol–water partition coefficient (Wildman–Crippen LogP) is 7.55. The van der Waals surface area contributed by atoms with Gasteiger partial charge >= 0.3 is 30.4 Å². The minimum absolute atomic E-state index is 0.297. The Morgan fingerprint density at radius 2 is 1.03 bits per heavy atom. The van der Waals surface area contributed by atoms with Crippen LogP contribution in [0.3, 0.4) is 0 Å². The van der Waals surface area contributed by atoms with Crippen LogP contribution in [0.4, 0.5) is 57.1 Å². The lowest BCUT2D eigenvalue weighted by atomic mass is 9.82. The Morgan fingerprint density at radius 1 is 0.594 bits per heavy atom. The molecule has 0 saturated carbocycles. The van der Waals surface area contributed by atoms with Crippen molar-refractivity contribution in [2.24, 2.45) is 0 Å². The molecule has 2 aromatic rings. The molecule has 2 aromatic carbocycles. The van der Waals surface area contributed by atoms with E-state index in [-0.39, 0.29) is 5.56 Å². The van der Waals surface area contributed by atoms with E-state index in [1.54, 1.807) is 0 Å². The largest absolute Gasteiger partial charge is 0.435 e. The minimum Gasteiger partial charge on any atom is -0.218 e. The van der Waals surface area contributed by atoms with Crippen LogP contribution in [-0.4, -0.2) is 12.4 Å². The van der Waals surface area contributed by atoms with Crippen LogP contribution in [0.2, 0.25) is 0 Å². The predicted molar refractivity (Wildman–Crippen MR) is 81.5 cm³/mol. The Kier molecular flexibility index (Phi) is 5.97. The Labute approximate surface area is 169 Å². The van der Waals surface area contributed by atoms with Crippen LogP contribution in [0.25, 0.3) is 11.1 Å². The highest BCUT2D eigenvalue weighted by Gasteiger charge is 2.74.